The molecule has 1 heterocycles. The first kappa shape index (κ1) is 15.1. The van der Waals surface area contributed by atoms with Gasteiger partial charge in [0.05, 0.1) is 0 Å². The first-order valence-electron chi connectivity index (χ1n) is 7.77. The van der Waals surface area contributed by atoms with Crippen molar-refractivity contribution in [2.75, 3.05) is 13.6 Å². The van der Waals surface area contributed by atoms with Crippen LogP contribution in [-0.4, -0.2) is 52.6 Å². The van der Waals surface area contributed by atoms with Crippen molar-refractivity contribution >= 4 is 12.0 Å². The summed E-state index contributed by atoms with van der Waals surface area (Å²) in [5.41, 5.74) is 0. The van der Waals surface area contributed by atoms with Crippen molar-refractivity contribution in [3.8, 4) is 0 Å². The minimum absolute atomic E-state index is 0.111. The van der Waals surface area contributed by atoms with Gasteiger partial charge in [-0.1, -0.05) is 20.3 Å². The molecule has 0 spiro atoms. The van der Waals surface area contributed by atoms with Crippen LogP contribution in [-0.2, 0) is 4.79 Å². The van der Waals surface area contributed by atoms with Crippen LogP contribution in [0.1, 0.15) is 46.0 Å². The van der Waals surface area contributed by atoms with Crippen LogP contribution in [0.5, 0.6) is 0 Å². The highest BCUT2D eigenvalue weighted by Gasteiger charge is 2.50. The fourth-order valence-corrected chi connectivity index (χ4v) is 4.01. The van der Waals surface area contributed by atoms with E-state index in [4.69, 9.17) is 0 Å². The summed E-state index contributed by atoms with van der Waals surface area (Å²) in [6.07, 6.45) is 4.91. The molecule has 20 heavy (non-hydrogen) atoms. The number of urea groups is 1. The number of carboxylic acid groups (broad SMARTS) is 1. The molecule has 5 nitrogen and oxygen atoms in total. The number of aliphatic carboxylic acids is 1. The Bertz CT molecular complexity index is 381. The molecule has 2 amide bonds. The molecule has 1 aliphatic heterocycles. The molecule has 0 radical (unpaired) electrons. The lowest BCUT2D eigenvalue weighted by Gasteiger charge is -2.33. The number of amides is 2. The third-order valence-electron chi connectivity index (χ3n) is 5.18. The van der Waals surface area contributed by atoms with Crippen LogP contribution in [0.15, 0.2) is 0 Å². The van der Waals surface area contributed by atoms with Gasteiger partial charge in [-0.25, -0.2) is 9.59 Å². The van der Waals surface area contributed by atoms with Gasteiger partial charge in [0.2, 0.25) is 0 Å². The van der Waals surface area contributed by atoms with Crippen LogP contribution in [0.4, 0.5) is 4.79 Å². The Hall–Kier alpha value is -1.26. The predicted octanol–water partition coefficient (Wildman–Crippen LogP) is 2.41. The van der Waals surface area contributed by atoms with Gasteiger partial charge < -0.3 is 14.9 Å². The SMILES string of the molecule is CCC(CC)N(C)C(=O)N1CC2CCCC2C1C(=O)O. The molecule has 1 N–H and O–H groups in total. The zero-order valence-corrected chi connectivity index (χ0v) is 12.7. The minimum atomic E-state index is -0.842. The molecule has 1 aliphatic carbocycles. The number of fused-ring (bicyclic) bond motifs is 1. The van der Waals surface area contributed by atoms with Gasteiger partial charge in [0, 0.05) is 19.6 Å². The van der Waals surface area contributed by atoms with Gasteiger partial charge >= 0.3 is 12.0 Å². The number of carboxylic acids is 1. The zero-order valence-electron chi connectivity index (χ0n) is 12.7. The lowest BCUT2D eigenvalue weighted by atomic mass is 9.94. The van der Waals surface area contributed by atoms with Crippen molar-refractivity contribution in [2.45, 2.75) is 58.0 Å². The van der Waals surface area contributed by atoms with Crippen molar-refractivity contribution in [3.63, 3.8) is 0 Å². The summed E-state index contributed by atoms with van der Waals surface area (Å²) in [5.74, 6) is -0.299. The van der Waals surface area contributed by atoms with E-state index in [1.165, 1.54) is 0 Å². The van der Waals surface area contributed by atoms with Crippen LogP contribution in [0, 0.1) is 11.8 Å². The molecular weight excluding hydrogens is 256 g/mol. The molecule has 1 saturated carbocycles. The Morgan fingerprint density at radius 2 is 1.95 bits per heavy atom. The molecule has 0 aromatic rings. The Balaban J connectivity index is 2.14. The smallest absolute Gasteiger partial charge is 0.326 e. The maximum absolute atomic E-state index is 12.6. The normalized spacial score (nSPS) is 28.8. The largest absolute Gasteiger partial charge is 0.480 e. The first-order valence-corrected chi connectivity index (χ1v) is 7.77. The van der Waals surface area contributed by atoms with Gasteiger partial charge in [0.15, 0.2) is 0 Å². The van der Waals surface area contributed by atoms with Crippen LogP contribution in [0.3, 0.4) is 0 Å². The maximum Gasteiger partial charge on any atom is 0.326 e. The van der Waals surface area contributed by atoms with E-state index in [-0.39, 0.29) is 18.0 Å². The van der Waals surface area contributed by atoms with Crippen molar-refractivity contribution < 1.29 is 14.7 Å². The van der Waals surface area contributed by atoms with Crippen molar-refractivity contribution in [2.24, 2.45) is 11.8 Å². The summed E-state index contributed by atoms with van der Waals surface area (Å²) in [4.78, 5) is 27.6. The topological polar surface area (TPSA) is 60.9 Å². The van der Waals surface area contributed by atoms with E-state index in [2.05, 4.69) is 13.8 Å². The van der Waals surface area contributed by atoms with E-state index >= 15 is 0 Å². The molecule has 1 saturated heterocycles. The van der Waals surface area contributed by atoms with Gasteiger partial charge in [0.25, 0.3) is 0 Å². The number of carbonyl (C=O) groups excluding carboxylic acids is 1. The molecule has 3 atom stereocenters. The second-order valence-electron chi connectivity index (χ2n) is 6.15. The quantitative estimate of drug-likeness (QED) is 0.861. The highest BCUT2D eigenvalue weighted by Crippen LogP contribution is 2.42. The monoisotopic (exact) mass is 282 g/mol. The van der Waals surface area contributed by atoms with Gasteiger partial charge in [-0.3, -0.25) is 0 Å². The maximum atomic E-state index is 12.6. The van der Waals surface area contributed by atoms with Gasteiger partial charge in [-0.15, -0.1) is 0 Å². The van der Waals surface area contributed by atoms with E-state index in [1.807, 2.05) is 0 Å². The number of nitrogens with zero attached hydrogens (tertiary/aromatic N) is 2. The van der Waals surface area contributed by atoms with Crippen LogP contribution in [0.25, 0.3) is 0 Å². The Morgan fingerprint density at radius 1 is 1.30 bits per heavy atom. The molecule has 0 aromatic carbocycles. The average molecular weight is 282 g/mol. The number of hydrogen-bond acceptors (Lipinski definition) is 2. The molecule has 0 bridgehead atoms. The second kappa shape index (κ2) is 6.02. The lowest BCUT2D eigenvalue weighted by molar-refractivity contribution is -0.142. The van der Waals surface area contributed by atoms with Crippen molar-refractivity contribution in [1.29, 1.82) is 0 Å². The lowest BCUT2D eigenvalue weighted by Crippen LogP contribution is -2.51. The van der Waals surface area contributed by atoms with Crippen molar-refractivity contribution in [1.82, 2.24) is 9.80 Å². The molecule has 2 rings (SSSR count). The summed E-state index contributed by atoms with van der Waals surface area (Å²) in [6, 6.07) is -0.537. The number of likely N-dealkylation sites (tertiary alicyclic amines) is 1. The molecule has 5 heteroatoms. The van der Waals surface area contributed by atoms with Crippen molar-refractivity contribution in [3.05, 3.63) is 0 Å². The summed E-state index contributed by atoms with van der Waals surface area (Å²) in [7, 11) is 1.80. The highest BCUT2D eigenvalue weighted by atomic mass is 16.4. The third-order valence-corrected chi connectivity index (χ3v) is 5.18. The van der Waals surface area contributed by atoms with Gasteiger partial charge in [-0.05, 0) is 37.5 Å². The van der Waals surface area contributed by atoms with E-state index in [1.54, 1.807) is 16.8 Å². The minimum Gasteiger partial charge on any atom is -0.480 e. The molecule has 2 aliphatic rings. The highest BCUT2D eigenvalue weighted by molar-refractivity contribution is 5.84. The number of hydrogen-bond donors (Lipinski definition) is 1. The van der Waals surface area contributed by atoms with E-state index in [0.717, 1.165) is 32.1 Å². The standard InChI is InChI=1S/C15H26N2O3/c1-4-11(5-2)16(3)15(20)17-9-10-7-6-8-12(10)13(17)14(18)19/h10-13H,4-9H2,1-3H3,(H,18,19). The fraction of sp³-hybridized carbons (Fsp3) is 0.867. The summed E-state index contributed by atoms with van der Waals surface area (Å²) in [6.45, 7) is 4.74. The van der Waals surface area contributed by atoms with Gasteiger partial charge in [-0.2, -0.15) is 0 Å². The third kappa shape index (κ3) is 2.50. The number of carbonyl (C=O) groups is 2. The van der Waals surface area contributed by atoms with E-state index in [0.29, 0.717) is 12.5 Å². The summed E-state index contributed by atoms with van der Waals surface area (Å²) in [5, 5.41) is 9.50. The second-order valence-corrected chi connectivity index (χ2v) is 6.15. The Morgan fingerprint density at radius 3 is 2.50 bits per heavy atom. The zero-order chi connectivity index (χ0) is 14.9. The van der Waals surface area contributed by atoms with Crippen LogP contribution < -0.4 is 0 Å². The van der Waals surface area contributed by atoms with E-state index in [9.17, 15) is 14.7 Å². The molecule has 114 valence electrons. The fourth-order valence-electron chi connectivity index (χ4n) is 4.01. The van der Waals surface area contributed by atoms with Gasteiger partial charge in [0.1, 0.15) is 6.04 Å². The molecule has 3 unspecified atom stereocenters. The summed E-state index contributed by atoms with van der Waals surface area (Å²) < 4.78 is 0. The Labute approximate surface area is 120 Å². The summed E-state index contributed by atoms with van der Waals surface area (Å²) >= 11 is 0. The molecular formula is C15H26N2O3. The number of rotatable bonds is 4. The first-order chi connectivity index (χ1) is 9.51. The molecule has 2 fully saturated rings. The van der Waals surface area contributed by atoms with Crippen LogP contribution >= 0.6 is 0 Å². The Kier molecular flexibility index (Phi) is 4.55. The molecule has 0 aromatic heterocycles. The van der Waals surface area contributed by atoms with Crippen LogP contribution in [0.2, 0.25) is 0 Å². The average Bonchev–Trinajstić information content (AvgIpc) is 2.98. The predicted molar refractivity (Wildman–Crippen MR) is 76.5 cm³/mol. The van der Waals surface area contributed by atoms with E-state index < -0.39 is 12.0 Å².